The van der Waals surface area contributed by atoms with Gasteiger partial charge in [0.15, 0.2) is 5.71 Å². The summed E-state index contributed by atoms with van der Waals surface area (Å²) in [7, 11) is 5.88. The van der Waals surface area contributed by atoms with Crippen LogP contribution >= 0.6 is 11.6 Å². The van der Waals surface area contributed by atoms with Crippen molar-refractivity contribution in [1.82, 2.24) is 15.3 Å². The van der Waals surface area contributed by atoms with E-state index in [2.05, 4.69) is 74.3 Å². The van der Waals surface area contributed by atoms with Crippen LogP contribution in [-0.2, 0) is 13.2 Å². The summed E-state index contributed by atoms with van der Waals surface area (Å²) >= 11 is 5.92. The van der Waals surface area contributed by atoms with Crippen LogP contribution in [0.2, 0.25) is 18.2 Å². The molecule has 260 valence electrons. The molecule has 0 fully saturated rings. The van der Waals surface area contributed by atoms with Crippen LogP contribution in [0.3, 0.4) is 0 Å². The number of aromatic nitrogens is 2. The highest BCUT2D eigenvalue weighted by molar-refractivity contribution is 6.98. The largest absolute Gasteiger partial charge is 0.478 e. The van der Waals surface area contributed by atoms with E-state index < -0.39 is 14.0 Å². The standard InChI is InChI=1S/C39H39ClN6O4Si/c1-45(2)26-12-15-29-32(18-26)51(5,6)33-19-27(46(3)4)13-16-30(33)36(29)28-14-11-25(17-31(28)38(48)49)37(47)42-21-23-7-9-24(10-8-23)22-50-35-20-34(40)43-39(41)44-35/h7-20H,21-22H2,1-6H3,(H3-,41,42,43,44,47,48,49)/p+1. The number of nitrogens with two attached hydrogens (primary N) is 1. The molecule has 1 amide bonds. The molecule has 1 aromatic heterocycles. The summed E-state index contributed by atoms with van der Waals surface area (Å²) in [6.07, 6.45) is 6.44. The van der Waals surface area contributed by atoms with Gasteiger partial charge >= 0.3 is 5.97 Å². The molecule has 1 aliphatic carbocycles. The predicted octanol–water partition coefficient (Wildman–Crippen LogP) is 5.46. The van der Waals surface area contributed by atoms with Crippen molar-refractivity contribution in [3.63, 3.8) is 0 Å². The third kappa shape index (κ3) is 7.21. The number of carbonyl (C=O) groups excluding carboxylic acids is 1. The molecule has 0 bridgehead atoms. The van der Waals surface area contributed by atoms with Gasteiger partial charge in [-0.1, -0.05) is 61.1 Å². The molecule has 4 aromatic rings. The summed E-state index contributed by atoms with van der Waals surface area (Å²) in [6, 6.07) is 20.4. The number of fused-ring (bicyclic) bond motifs is 2. The fourth-order valence-corrected chi connectivity index (χ4v) is 9.69. The number of amides is 1. The Balaban J connectivity index is 1.28. The van der Waals surface area contributed by atoms with Gasteiger partial charge in [-0.25, -0.2) is 14.4 Å². The maximum atomic E-state index is 13.4. The number of nitrogens with zero attached hydrogens (tertiary/aromatic N) is 4. The number of carboxylic acid groups (broad SMARTS) is 1. The fraction of sp³-hybridized carbons (Fsp3) is 0.205. The average Bonchev–Trinajstić information content (AvgIpc) is 3.09. The Morgan fingerprint density at radius 2 is 1.67 bits per heavy atom. The van der Waals surface area contributed by atoms with Crippen LogP contribution in [0.25, 0.3) is 5.57 Å². The lowest BCUT2D eigenvalue weighted by atomic mass is 9.86. The van der Waals surface area contributed by atoms with Gasteiger partial charge in [0.1, 0.15) is 33.9 Å². The Labute approximate surface area is 303 Å². The molecule has 0 atom stereocenters. The van der Waals surface area contributed by atoms with Crippen molar-refractivity contribution in [2.45, 2.75) is 26.2 Å². The number of ether oxygens (including phenoxy) is 1. The fourth-order valence-electron chi connectivity index (χ4n) is 6.43. The number of rotatable bonds is 9. The molecule has 1 aliphatic heterocycles. The van der Waals surface area contributed by atoms with Crippen LogP contribution in [-0.4, -0.2) is 73.5 Å². The third-order valence-corrected chi connectivity index (χ3v) is 13.0. The van der Waals surface area contributed by atoms with Crippen molar-refractivity contribution in [2.75, 3.05) is 38.8 Å². The van der Waals surface area contributed by atoms with Gasteiger partial charge < -0.3 is 25.8 Å². The summed E-state index contributed by atoms with van der Waals surface area (Å²) in [5.41, 5.74) is 13.4. The van der Waals surface area contributed by atoms with Crippen molar-refractivity contribution >= 4 is 59.7 Å². The van der Waals surface area contributed by atoms with Crippen LogP contribution in [0.15, 0.2) is 95.7 Å². The van der Waals surface area contributed by atoms with Crippen LogP contribution in [0.5, 0.6) is 5.88 Å². The van der Waals surface area contributed by atoms with Crippen LogP contribution in [0.4, 0.5) is 11.6 Å². The van der Waals surface area contributed by atoms with Gasteiger partial charge in [0.2, 0.25) is 11.8 Å². The summed E-state index contributed by atoms with van der Waals surface area (Å²) in [4.78, 5) is 36.2. The molecule has 2 aliphatic rings. The number of nitrogens with one attached hydrogen (secondary N) is 1. The van der Waals surface area contributed by atoms with Crippen molar-refractivity contribution < 1.29 is 24.0 Å². The zero-order chi connectivity index (χ0) is 36.6. The summed E-state index contributed by atoms with van der Waals surface area (Å²) in [6.45, 7) is 5.19. The monoisotopic (exact) mass is 719 g/mol. The molecule has 12 heteroatoms. The number of halogens is 1. The minimum atomic E-state index is -2.21. The maximum Gasteiger partial charge on any atom is 0.336 e. The van der Waals surface area contributed by atoms with E-state index in [0.717, 1.165) is 39.2 Å². The highest BCUT2D eigenvalue weighted by atomic mass is 35.5. The Kier molecular flexibility index (Phi) is 9.70. The van der Waals surface area contributed by atoms with E-state index in [4.69, 9.17) is 22.1 Å². The van der Waals surface area contributed by atoms with Crippen LogP contribution in [0.1, 0.15) is 43.0 Å². The molecular formula is C39H40ClN6O4Si+. The Morgan fingerprint density at radius 3 is 2.33 bits per heavy atom. The highest BCUT2D eigenvalue weighted by Gasteiger charge is 2.41. The SMILES string of the molecule is CN(C)c1ccc2c(c1)[Si](C)(C)C1=CC(=[N+](C)C)C=CC1=C2c1ccc(C(=O)NCc2ccc(COc3cc(Cl)nc(N)n3)cc2)cc1C(=O)O. The Morgan fingerprint density at radius 1 is 0.961 bits per heavy atom. The first-order valence-corrected chi connectivity index (χ1v) is 19.8. The molecule has 2 heterocycles. The molecule has 10 nitrogen and oxygen atoms in total. The van der Waals surface area contributed by atoms with E-state index in [0.29, 0.717) is 5.56 Å². The number of carboxylic acids is 1. The van der Waals surface area contributed by atoms with E-state index in [9.17, 15) is 14.7 Å². The number of aromatic carboxylic acids is 1. The molecule has 6 rings (SSSR count). The molecule has 0 saturated heterocycles. The first kappa shape index (κ1) is 35.3. The minimum Gasteiger partial charge on any atom is -0.478 e. The van der Waals surface area contributed by atoms with E-state index >= 15 is 0 Å². The topological polar surface area (TPSA) is 134 Å². The third-order valence-electron chi connectivity index (χ3n) is 9.26. The van der Waals surface area contributed by atoms with Crippen LogP contribution in [0, 0.1) is 0 Å². The van der Waals surface area contributed by atoms with Gasteiger partial charge in [-0.05, 0) is 74.1 Å². The number of allylic oxidation sites excluding steroid dienone is 5. The Hall–Kier alpha value is -5.52. The van der Waals surface area contributed by atoms with Gasteiger partial charge in [0, 0.05) is 50.1 Å². The van der Waals surface area contributed by atoms with E-state index in [1.54, 1.807) is 12.1 Å². The number of carbonyl (C=O) groups is 2. The van der Waals surface area contributed by atoms with Gasteiger partial charge in [-0.15, -0.1) is 0 Å². The second kappa shape index (κ2) is 14.0. The molecule has 4 N–H and O–H groups in total. The van der Waals surface area contributed by atoms with Crippen molar-refractivity contribution in [3.05, 3.63) is 134 Å². The smallest absolute Gasteiger partial charge is 0.336 e. The lowest BCUT2D eigenvalue weighted by Crippen LogP contribution is -2.49. The predicted molar refractivity (Wildman–Crippen MR) is 205 cm³/mol. The quantitative estimate of drug-likeness (QED) is 0.118. The number of benzene rings is 3. The minimum absolute atomic E-state index is 0.0278. The van der Waals surface area contributed by atoms with Gasteiger partial charge in [-0.2, -0.15) is 4.98 Å². The van der Waals surface area contributed by atoms with E-state index in [-0.39, 0.29) is 47.2 Å². The summed E-state index contributed by atoms with van der Waals surface area (Å²) < 4.78 is 7.76. The molecule has 0 radical (unpaired) electrons. The summed E-state index contributed by atoms with van der Waals surface area (Å²) in [5, 5.41) is 16.1. The lowest BCUT2D eigenvalue weighted by Gasteiger charge is -2.38. The second-order valence-electron chi connectivity index (χ2n) is 13.5. The Bertz CT molecular complexity index is 2180. The van der Waals surface area contributed by atoms with Gasteiger partial charge in [-0.3, -0.25) is 4.79 Å². The second-order valence-corrected chi connectivity index (χ2v) is 18.2. The van der Waals surface area contributed by atoms with Gasteiger partial charge in [0.05, 0.1) is 5.56 Å². The average molecular weight is 720 g/mol. The number of hydrogen-bond acceptors (Lipinski definition) is 7. The first-order valence-electron chi connectivity index (χ1n) is 16.4. The zero-order valence-electron chi connectivity index (χ0n) is 29.4. The molecule has 51 heavy (non-hydrogen) atoms. The molecule has 0 saturated carbocycles. The van der Waals surface area contributed by atoms with Crippen molar-refractivity contribution in [2.24, 2.45) is 0 Å². The maximum absolute atomic E-state index is 13.4. The van der Waals surface area contributed by atoms with Crippen molar-refractivity contribution in [1.29, 1.82) is 0 Å². The molecular weight excluding hydrogens is 680 g/mol. The lowest BCUT2D eigenvalue weighted by molar-refractivity contribution is -0.462. The zero-order valence-corrected chi connectivity index (χ0v) is 31.2. The van der Waals surface area contributed by atoms with E-state index in [1.807, 2.05) is 52.5 Å². The highest BCUT2D eigenvalue weighted by Crippen LogP contribution is 2.43. The van der Waals surface area contributed by atoms with Crippen molar-refractivity contribution in [3.8, 4) is 5.88 Å². The number of hydrogen-bond donors (Lipinski definition) is 3. The summed E-state index contributed by atoms with van der Waals surface area (Å²) in [5.74, 6) is -1.17. The van der Waals surface area contributed by atoms with E-state index in [1.165, 1.54) is 22.5 Å². The first-order chi connectivity index (χ1) is 24.2. The van der Waals surface area contributed by atoms with Gasteiger partial charge in [0.25, 0.3) is 5.91 Å². The number of nitrogen functional groups attached to an aromatic ring is 1. The molecule has 3 aromatic carbocycles. The van der Waals surface area contributed by atoms with Crippen LogP contribution < -0.4 is 25.9 Å². The normalized spacial score (nSPS) is 14.3. The molecule has 0 spiro atoms. The molecule has 0 unspecified atom stereocenters. The number of anilines is 2.